The predicted molar refractivity (Wildman–Crippen MR) is 63.4 cm³/mol. The van der Waals surface area contributed by atoms with Crippen molar-refractivity contribution in [2.75, 3.05) is 12.4 Å². The largest absolute Gasteiger partial charge is 0.480 e. The van der Waals surface area contributed by atoms with Crippen molar-refractivity contribution in [1.29, 1.82) is 0 Å². The van der Waals surface area contributed by atoms with Crippen molar-refractivity contribution >= 4 is 23.6 Å². The molecular formula is C10H13ClN4O3. The zero-order valence-electron chi connectivity index (χ0n) is 9.52. The molecule has 0 saturated carbocycles. The van der Waals surface area contributed by atoms with Gasteiger partial charge in [0.05, 0.1) is 24.3 Å². The molecule has 18 heavy (non-hydrogen) atoms. The third kappa shape index (κ3) is 2.40. The highest BCUT2D eigenvalue weighted by molar-refractivity contribution is 6.18. The summed E-state index contributed by atoms with van der Waals surface area (Å²) in [5.41, 5.74) is 1.47. The van der Waals surface area contributed by atoms with E-state index in [1.165, 1.54) is 11.2 Å². The highest BCUT2D eigenvalue weighted by Gasteiger charge is 2.35. The molecule has 1 aliphatic heterocycles. The fourth-order valence-electron chi connectivity index (χ4n) is 1.93. The second-order valence-corrected chi connectivity index (χ2v) is 4.31. The molecule has 0 fully saturated rings. The molecule has 2 amide bonds. The summed E-state index contributed by atoms with van der Waals surface area (Å²) in [4.78, 5) is 31.3. The Morgan fingerprint density at radius 3 is 3.11 bits per heavy atom. The Hall–Kier alpha value is -1.76. The van der Waals surface area contributed by atoms with Gasteiger partial charge in [0.15, 0.2) is 0 Å². The SMILES string of the molecule is O=C(O)C1Cc2nc[nH]c2CN1C(=O)NCCCl. The van der Waals surface area contributed by atoms with E-state index < -0.39 is 18.0 Å². The molecule has 1 aromatic rings. The van der Waals surface area contributed by atoms with Crippen molar-refractivity contribution in [2.45, 2.75) is 19.0 Å². The number of aromatic amines is 1. The van der Waals surface area contributed by atoms with Crippen molar-refractivity contribution in [2.24, 2.45) is 0 Å². The van der Waals surface area contributed by atoms with E-state index in [-0.39, 0.29) is 18.8 Å². The average Bonchev–Trinajstić information content (AvgIpc) is 2.81. The zero-order valence-corrected chi connectivity index (χ0v) is 10.3. The molecule has 8 heteroatoms. The van der Waals surface area contributed by atoms with Gasteiger partial charge in [0.25, 0.3) is 0 Å². The summed E-state index contributed by atoms with van der Waals surface area (Å²) in [7, 11) is 0. The first-order valence-electron chi connectivity index (χ1n) is 5.48. The van der Waals surface area contributed by atoms with E-state index in [0.29, 0.717) is 12.2 Å². The number of carboxylic acid groups (broad SMARTS) is 1. The van der Waals surface area contributed by atoms with Crippen molar-refractivity contribution < 1.29 is 14.7 Å². The number of carbonyl (C=O) groups is 2. The maximum Gasteiger partial charge on any atom is 0.326 e. The molecule has 1 aromatic heterocycles. The molecule has 0 spiro atoms. The van der Waals surface area contributed by atoms with Crippen LogP contribution in [0.1, 0.15) is 11.4 Å². The van der Waals surface area contributed by atoms with Gasteiger partial charge in [-0.05, 0) is 0 Å². The van der Waals surface area contributed by atoms with Gasteiger partial charge in [-0.15, -0.1) is 11.6 Å². The predicted octanol–water partition coefficient (Wildman–Crippen LogP) is 0.169. The van der Waals surface area contributed by atoms with E-state index in [2.05, 4.69) is 15.3 Å². The number of hydrogen-bond donors (Lipinski definition) is 3. The molecule has 0 saturated heterocycles. The summed E-state index contributed by atoms with van der Waals surface area (Å²) in [6.07, 6.45) is 1.71. The molecule has 1 aliphatic rings. The van der Waals surface area contributed by atoms with Crippen LogP contribution in [0.15, 0.2) is 6.33 Å². The Balaban J connectivity index is 2.17. The monoisotopic (exact) mass is 272 g/mol. The van der Waals surface area contributed by atoms with Crippen LogP contribution in [0.5, 0.6) is 0 Å². The number of rotatable bonds is 3. The minimum absolute atomic E-state index is 0.209. The molecule has 0 radical (unpaired) electrons. The number of aromatic nitrogens is 2. The standard InChI is InChI=1S/C10H13ClN4O3/c11-1-2-12-10(18)15-4-7-6(13-5-14-7)3-8(15)9(16)17/h5,8H,1-4H2,(H,12,18)(H,13,14)(H,16,17). The summed E-state index contributed by atoms with van der Waals surface area (Å²) in [6, 6.07) is -1.32. The Morgan fingerprint density at radius 1 is 1.67 bits per heavy atom. The van der Waals surface area contributed by atoms with Crippen LogP contribution in [0.4, 0.5) is 4.79 Å². The molecule has 98 valence electrons. The third-order valence-electron chi connectivity index (χ3n) is 2.82. The van der Waals surface area contributed by atoms with Crippen LogP contribution < -0.4 is 5.32 Å². The summed E-state index contributed by atoms with van der Waals surface area (Å²) >= 11 is 5.48. The van der Waals surface area contributed by atoms with Crippen LogP contribution >= 0.6 is 11.6 Å². The normalized spacial score (nSPS) is 18.3. The minimum atomic E-state index is -1.04. The number of carboxylic acids is 1. The van der Waals surface area contributed by atoms with Gasteiger partial charge in [-0.1, -0.05) is 0 Å². The molecule has 2 rings (SSSR count). The number of halogens is 1. The number of aliphatic carboxylic acids is 1. The van der Waals surface area contributed by atoms with Gasteiger partial charge in [0.1, 0.15) is 6.04 Å². The van der Waals surface area contributed by atoms with Crippen molar-refractivity contribution in [3.05, 3.63) is 17.7 Å². The number of amides is 2. The third-order valence-corrected chi connectivity index (χ3v) is 3.00. The molecule has 0 aliphatic carbocycles. The molecule has 7 nitrogen and oxygen atoms in total. The first-order valence-corrected chi connectivity index (χ1v) is 6.01. The van der Waals surface area contributed by atoms with E-state index in [4.69, 9.17) is 16.7 Å². The van der Waals surface area contributed by atoms with Gasteiger partial charge in [-0.2, -0.15) is 0 Å². The number of imidazole rings is 1. The van der Waals surface area contributed by atoms with Gasteiger partial charge in [0, 0.05) is 18.8 Å². The Morgan fingerprint density at radius 2 is 2.44 bits per heavy atom. The summed E-state index contributed by atoms with van der Waals surface area (Å²) in [6.45, 7) is 0.513. The number of nitrogens with zero attached hydrogens (tertiary/aromatic N) is 2. The molecule has 1 unspecified atom stereocenters. The Labute approximate surface area is 108 Å². The average molecular weight is 273 g/mol. The first kappa shape index (κ1) is 12.7. The maximum atomic E-state index is 11.9. The van der Waals surface area contributed by atoms with Crippen LogP contribution in [0.2, 0.25) is 0 Å². The Kier molecular flexibility index (Phi) is 3.71. The zero-order chi connectivity index (χ0) is 13.1. The van der Waals surface area contributed by atoms with Gasteiger partial charge in [-0.25, -0.2) is 14.6 Å². The second kappa shape index (κ2) is 5.26. The number of fused-ring (bicyclic) bond motifs is 1. The van der Waals surface area contributed by atoms with Gasteiger partial charge in [0.2, 0.25) is 0 Å². The highest BCUT2D eigenvalue weighted by atomic mass is 35.5. The summed E-state index contributed by atoms with van der Waals surface area (Å²) < 4.78 is 0. The Bertz CT molecular complexity index is 462. The number of carbonyl (C=O) groups excluding carboxylic acids is 1. The lowest BCUT2D eigenvalue weighted by atomic mass is 10.0. The van der Waals surface area contributed by atoms with Gasteiger partial charge >= 0.3 is 12.0 Å². The first-order chi connectivity index (χ1) is 8.63. The van der Waals surface area contributed by atoms with E-state index in [1.54, 1.807) is 0 Å². The van der Waals surface area contributed by atoms with E-state index >= 15 is 0 Å². The van der Waals surface area contributed by atoms with E-state index in [9.17, 15) is 9.59 Å². The minimum Gasteiger partial charge on any atom is -0.480 e. The van der Waals surface area contributed by atoms with Crippen molar-refractivity contribution in [3.8, 4) is 0 Å². The number of H-pyrrole nitrogens is 1. The fraction of sp³-hybridized carbons (Fsp3) is 0.500. The lowest BCUT2D eigenvalue weighted by Crippen LogP contribution is -2.52. The molecule has 3 N–H and O–H groups in total. The summed E-state index contributed by atoms with van der Waals surface area (Å²) in [5.74, 6) is -0.753. The number of urea groups is 1. The molecule has 0 aromatic carbocycles. The van der Waals surface area contributed by atoms with Crippen LogP contribution in [-0.2, 0) is 17.8 Å². The fourth-order valence-corrected chi connectivity index (χ4v) is 2.02. The van der Waals surface area contributed by atoms with Crippen LogP contribution in [0.25, 0.3) is 0 Å². The maximum absolute atomic E-state index is 11.9. The number of nitrogens with one attached hydrogen (secondary N) is 2. The summed E-state index contributed by atoms with van der Waals surface area (Å²) in [5, 5.41) is 11.7. The van der Waals surface area contributed by atoms with Crippen molar-refractivity contribution in [3.63, 3.8) is 0 Å². The van der Waals surface area contributed by atoms with Crippen LogP contribution in [0, 0.1) is 0 Å². The number of alkyl halides is 1. The molecule has 1 atom stereocenters. The lowest BCUT2D eigenvalue weighted by Gasteiger charge is -2.32. The quantitative estimate of drug-likeness (QED) is 0.683. The second-order valence-electron chi connectivity index (χ2n) is 3.93. The molecule has 0 bridgehead atoms. The highest BCUT2D eigenvalue weighted by Crippen LogP contribution is 2.20. The number of hydrogen-bond acceptors (Lipinski definition) is 3. The van der Waals surface area contributed by atoms with Crippen molar-refractivity contribution in [1.82, 2.24) is 20.2 Å². The smallest absolute Gasteiger partial charge is 0.326 e. The van der Waals surface area contributed by atoms with Crippen LogP contribution in [-0.4, -0.2) is 50.4 Å². The van der Waals surface area contributed by atoms with Gasteiger partial charge < -0.3 is 20.3 Å². The molecule has 2 heterocycles. The van der Waals surface area contributed by atoms with E-state index in [1.807, 2.05) is 0 Å². The van der Waals surface area contributed by atoms with Crippen LogP contribution in [0.3, 0.4) is 0 Å². The van der Waals surface area contributed by atoms with E-state index in [0.717, 1.165) is 5.69 Å². The topological polar surface area (TPSA) is 98.3 Å². The molecular weight excluding hydrogens is 260 g/mol. The van der Waals surface area contributed by atoms with Gasteiger partial charge in [-0.3, -0.25) is 0 Å². The lowest BCUT2D eigenvalue weighted by molar-refractivity contribution is -0.142.